The van der Waals surface area contributed by atoms with Crippen LogP contribution in [-0.2, 0) is 19.6 Å². The molecule has 7 nitrogen and oxygen atoms in total. The molecule has 0 aromatic heterocycles. The Bertz CT molecular complexity index is 806. The van der Waals surface area contributed by atoms with Gasteiger partial charge in [0.25, 0.3) is 0 Å². The number of carbonyl (C=O) groups excluding carboxylic acids is 2. The molecular weight excluding hydrogens is 378 g/mol. The van der Waals surface area contributed by atoms with Crippen LogP contribution in [0.4, 0.5) is 0 Å². The minimum absolute atomic E-state index is 0.0991. The van der Waals surface area contributed by atoms with Crippen molar-refractivity contribution >= 4 is 33.4 Å². The number of sulfonamides is 1. The first-order valence-electron chi connectivity index (χ1n) is 8.56. The minimum atomic E-state index is -3.24. The van der Waals surface area contributed by atoms with Gasteiger partial charge in [0.1, 0.15) is 6.04 Å². The highest BCUT2D eigenvalue weighted by molar-refractivity contribution is 7.88. The molecule has 9 heteroatoms. The molecule has 1 aromatic rings. The Balaban J connectivity index is 1.78. The molecule has 2 aliphatic rings. The summed E-state index contributed by atoms with van der Waals surface area (Å²) in [5.74, 6) is -0.598. The predicted octanol–water partition coefficient (Wildman–Crippen LogP) is 1.01. The van der Waals surface area contributed by atoms with Crippen LogP contribution in [0.3, 0.4) is 0 Å². The lowest BCUT2D eigenvalue weighted by molar-refractivity contribution is -0.147. The summed E-state index contributed by atoms with van der Waals surface area (Å²) < 4.78 is 24.7. The van der Waals surface area contributed by atoms with E-state index in [1.54, 1.807) is 29.2 Å². The summed E-state index contributed by atoms with van der Waals surface area (Å²) in [5, 5.41) is 3.31. The number of carbonyl (C=O) groups is 2. The van der Waals surface area contributed by atoms with E-state index < -0.39 is 16.1 Å². The topological polar surface area (TPSA) is 86.8 Å². The lowest BCUT2D eigenvalue weighted by Crippen LogP contribution is -2.54. The fourth-order valence-electron chi connectivity index (χ4n) is 3.58. The molecule has 3 rings (SSSR count). The van der Waals surface area contributed by atoms with Crippen LogP contribution in [0.15, 0.2) is 24.3 Å². The molecule has 2 aliphatic heterocycles. The first-order chi connectivity index (χ1) is 12.3. The van der Waals surface area contributed by atoms with Crippen LogP contribution in [-0.4, -0.2) is 61.9 Å². The first kappa shape index (κ1) is 19.1. The molecule has 26 heavy (non-hydrogen) atoms. The average molecular weight is 400 g/mol. The number of hydrogen-bond acceptors (Lipinski definition) is 4. The molecule has 2 amide bonds. The lowest BCUT2D eigenvalue weighted by Gasteiger charge is -2.39. The molecule has 0 aliphatic carbocycles. The highest BCUT2D eigenvalue weighted by atomic mass is 35.5. The van der Waals surface area contributed by atoms with E-state index in [1.165, 1.54) is 10.6 Å². The number of hydrogen-bond donors (Lipinski definition) is 1. The van der Waals surface area contributed by atoms with Gasteiger partial charge in [-0.1, -0.05) is 23.7 Å². The SMILES string of the molecule is CS(=O)(=O)N1CCC(C(=O)N2CCNC(=O)C2c2cccc(Cl)c2)CC1. The largest absolute Gasteiger partial charge is 0.352 e. The van der Waals surface area contributed by atoms with E-state index in [2.05, 4.69) is 5.32 Å². The highest BCUT2D eigenvalue weighted by Gasteiger charge is 2.38. The Morgan fingerprint density at radius 2 is 1.92 bits per heavy atom. The molecule has 1 N–H and O–H groups in total. The Morgan fingerprint density at radius 3 is 2.54 bits per heavy atom. The van der Waals surface area contributed by atoms with Gasteiger partial charge >= 0.3 is 0 Å². The minimum Gasteiger partial charge on any atom is -0.352 e. The van der Waals surface area contributed by atoms with Gasteiger partial charge in [0.05, 0.1) is 6.26 Å². The standard InChI is InChI=1S/C17H22ClN3O4S/c1-26(24,25)20-8-5-12(6-9-20)17(23)21-10-7-19-16(22)15(21)13-3-2-4-14(18)11-13/h2-4,11-12,15H,5-10H2,1H3,(H,19,22). The average Bonchev–Trinajstić information content (AvgIpc) is 2.60. The molecule has 2 fully saturated rings. The molecule has 0 saturated carbocycles. The van der Waals surface area contributed by atoms with Crippen molar-refractivity contribution in [2.75, 3.05) is 32.4 Å². The molecule has 0 spiro atoms. The second kappa shape index (κ2) is 7.54. The summed E-state index contributed by atoms with van der Waals surface area (Å²) in [6.45, 7) is 1.49. The number of rotatable bonds is 3. The summed E-state index contributed by atoms with van der Waals surface area (Å²) >= 11 is 6.05. The van der Waals surface area contributed by atoms with Gasteiger partial charge < -0.3 is 10.2 Å². The third-order valence-corrected chi connectivity index (χ3v) is 6.47. The van der Waals surface area contributed by atoms with Crippen molar-refractivity contribution in [3.8, 4) is 0 Å². The number of nitrogens with one attached hydrogen (secondary N) is 1. The van der Waals surface area contributed by atoms with Gasteiger partial charge in [0.15, 0.2) is 0 Å². The van der Waals surface area contributed by atoms with E-state index in [0.29, 0.717) is 49.6 Å². The zero-order valence-corrected chi connectivity index (χ0v) is 16.1. The summed E-state index contributed by atoms with van der Waals surface area (Å²) in [6.07, 6.45) is 2.11. The number of benzene rings is 1. The zero-order valence-electron chi connectivity index (χ0n) is 14.5. The maximum atomic E-state index is 13.1. The summed E-state index contributed by atoms with van der Waals surface area (Å²) in [5.41, 5.74) is 0.677. The molecule has 1 aromatic carbocycles. The molecule has 1 atom stereocenters. The maximum absolute atomic E-state index is 13.1. The first-order valence-corrected chi connectivity index (χ1v) is 10.8. The van der Waals surface area contributed by atoms with E-state index in [-0.39, 0.29) is 17.7 Å². The van der Waals surface area contributed by atoms with Gasteiger partial charge in [0.2, 0.25) is 21.8 Å². The van der Waals surface area contributed by atoms with Crippen LogP contribution in [0.1, 0.15) is 24.4 Å². The molecule has 0 radical (unpaired) electrons. The maximum Gasteiger partial charge on any atom is 0.247 e. The monoisotopic (exact) mass is 399 g/mol. The second-order valence-corrected chi connectivity index (χ2v) is 9.14. The van der Waals surface area contributed by atoms with Crippen LogP contribution in [0, 0.1) is 5.92 Å². The van der Waals surface area contributed by atoms with Crippen LogP contribution in [0.2, 0.25) is 5.02 Å². The fourth-order valence-corrected chi connectivity index (χ4v) is 4.65. The van der Waals surface area contributed by atoms with Crippen LogP contribution in [0.25, 0.3) is 0 Å². The molecule has 1 unspecified atom stereocenters. The molecule has 0 bridgehead atoms. The van der Waals surface area contributed by atoms with E-state index in [0.717, 1.165) is 0 Å². The fraction of sp³-hybridized carbons (Fsp3) is 0.529. The van der Waals surface area contributed by atoms with Gasteiger partial charge in [-0.15, -0.1) is 0 Å². The quantitative estimate of drug-likeness (QED) is 0.821. The molecule has 2 saturated heterocycles. The van der Waals surface area contributed by atoms with Crippen LogP contribution < -0.4 is 5.32 Å². The van der Waals surface area contributed by atoms with Crippen molar-refractivity contribution < 1.29 is 18.0 Å². The van der Waals surface area contributed by atoms with Gasteiger partial charge in [-0.3, -0.25) is 9.59 Å². The second-order valence-electron chi connectivity index (χ2n) is 6.72. The molecule has 142 valence electrons. The van der Waals surface area contributed by atoms with Gasteiger partial charge in [-0.05, 0) is 30.5 Å². The summed E-state index contributed by atoms with van der Waals surface area (Å²) in [4.78, 5) is 27.1. The Kier molecular flexibility index (Phi) is 5.55. The Morgan fingerprint density at radius 1 is 1.23 bits per heavy atom. The third kappa shape index (κ3) is 4.02. The van der Waals surface area contributed by atoms with Crippen LogP contribution in [0.5, 0.6) is 0 Å². The number of halogens is 1. The van der Waals surface area contributed by atoms with E-state index in [1.807, 2.05) is 0 Å². The smallest absolute Gasteiger partial charge is 0.247 e. The van der Waals surface area contributed by atoms with Gasteiger partial charge in [-0.25, -0.2) is 12.7 Å². The lowest BCUT2D eigenvalue weighted by atomic mass is 9.93. The van der Waals surface area contributed by atoms with Crippen molar-refractivity contribution in [1.82, 2.24) is 14.5 Å². The number of piperazine rings is 1. The number of nitrogens with zero attached hydrogens (tertiary/aromatic N) is 2. The van der Waals surface area contributed by atoms with Crippen molar-refractivity contribution in [3.63, 3.8) is 0 Å². The van der Waals surface area contributed by atoms with Crippen molar-refractivity contribution in [1.29, 1.82) is 0 Å². The predicted molar refractivity (Wildman–Crippen MR) is 98.1 cm³/mol. The van der Waals surface area contributed by atoms with E-state index >= 15 is 0 Å². The normalized spacial score (nSPS) is 22.9. The third-order valence-electron chi connectivity index (χ3n) is 4.93. The van der Waals surface area contributed by atoms with E-state index in [4.69, 9.17) is 11.6 Å². The van der Waals surface area contributed by atoms with E-state index in [9.17, 15) is 18.0 Å². The summed E-state index contributed by atoms with van der Waals surface area (Å²) in [6, 6.07) is 6.26. The molecule has 2 heterocycles. The number of amides is 2. The molecular formula is C17H22ClN3O4S. The van der Waals surface area contributed by atoms with Gasteiger partial charge in [0, 0.05) is 37.1 Å². The van der Waals surface area contributed by atoms with Crippen molar-refractivity contribution in [2.24, 2.45) is 5.92 Å². The van der Waals surface area contributed by atoms with Crippen LogP contribution >= 0.6 is 11.6 Å². The van der Waals surface area contributed by atoms with Crippen molar-refractivity contribution in [2.45, 2.75) is 18.9 Å². The summed E-state index contributed by atoms with van der Waals surface area (Å²) in [7, 11) is -3.24. The van der Waals surface area contributed by atoms with Crippen molar-refractivity contribution in [3.05, 3.63) is 34.9 Å². The Hall–Kier alpha value is -1.64. The number of piperidine rings is 1. The zero-order chi connectivity index (χ0) is 18.9. The highest BCUT2D eigenvalue weighted by Crippen LogP contribution is 2.29. The Labute approximate surface area is 158 Å². The van der Waals surface area contributed by atoms with Gasteiger partial charge in [-0.2, -0.15) is 0 Å².